The highest BCUT2D eigenvalue weighted by Gasteiger charge is 2.44. The van der Waals surface area contributed by atoms with Crippen molar-refractivity contribution in [2.45, 2.75) is 38.0 Å². The highest BCUT2D eigenvalue weighted by Crippen LogP contribution is 2.52. The molecule has 4 nitrogen and oxygen atoms in total. The average Bonchev–Trinajstić information content (AvgIpc) is 3.63. The largest absolute Gasteiger partial charge is 0.456 e. The molecule has 2 aliphatic rings. The first kappa shape index (κ1) is 31.4. The predicted molar refractivity (Wildman–Crippen MR) is 217 cm³/mol. The Balaban J connectivity index is 1.13. The number of aromatic nitrogens is 3. The Bertz CT molecular complexity index is 2750. The van der Waals surface area contributed by atoms with Crippen LogP contribution in [-0.2, 0) is 5.41 Å². The topological polar surface area (TPSA) is 51.8 Å². The van der Waals surface area contributed by atoms with E-state index in [9.17, 15) is 0 Å². The minimum atomic E-state index is -0.559. The SMILES string of the molecule is CC1CC=Cc2oc3c(c21)C(C)(c1nc(-c2ccccc2)nc(-c2ccc4ccccc4c2)n1)CC=C3c1ccc(-c2cccc3ccccc23)cc1. The highest BCUT2D eigenvalue weighted by atomic mass is 16.3. The van der Waals surface area contributed by atoms with Gasteiger partial charge in [-0.15, -0.1) is 0 Å². The Morgan fingerprint density at radius 1 is 0.623 bits per heavy atom. The third-order valence-corrected chi connectivity index (χ3v) is 11.2. The molecule has 0 N–H and O–H groups in total. The molecule has 0 spiro atoms. The van der Waals surface area contributed by atoms with E-state index in [2.05, 4.69) is 153 Å². The standard InChI is InChI=1S/C49H37N3O/c1-31-12-10-21-42-43(31)44-45(53-42)41(35-25-23-34(24-26-35)40-20-11-18-33-14-8-9-19-39(33)40)28-29-49(44,2)48-51-46(36-15-4-3-5-16-36)50-47(52-48)38-27-22-32-13-6-7-17-37(32)30-38/h3-11,13-28,30-31H,12,29H2,1-2H3. The number of nitrogens with zero attached hydrogens (tertiary/aromatic N) is 3. The van der Waals surface area contributed by atoms with Crippen molar-refractivity contribution in [1.82, 2.24) is 15.0 Å². The molecular formula is C49H37N3O. The minimum Gasteiger partial charge on any atom is -0.456 e. The zero-order chi connectivity index (χ0) is 35.5. The zero-order valence-electron chi connectivity index (χ0n) is 29.8. The Kier molecular flexibility index (Phi) is 7.33. The van der Waals surface area contributed by atoms with Gasteiger partial charge in [0.25, 0.3) is 0 Å². The van der Waals surface area contributed by atoms with E-state index >= 15 is 0 Å². The lowest BCUT2D eigenvalue weighted by molar-refractivity contribution is 0.491. The number of furan rings is 1. The molecule has 0 radical (unpaired) electrons. The van der Waals surface area contributed by atoms with Crippen molar-refractivity contribution in [2.24, 2.45) is 0 Å². The first-order chi connectivity index (χ1) is 26.0. The van der Waals surface area contributed by atoms with Crippen LogP contribution in [0.15, 0.2) is 156 Å². The summed E-state index contributed by atoms with van der Waals surface area (Å²) in [4.78, 5) is 15.7. The van der Waals surface area contributed by atoms with Crippen molar-refractivity contribution in [3.05, 3.63) is 186 Å². The van der Waals surface area contributed by atoms with Crippen LogP contribution in [0.1, 0.15) is 66.6 Å². The van der Waals surface area contributed by atoms with Crippen LogP contribution in [0.2, 0.25) is 0 Å². The maximum atomic E-state index is 6.91. The molecule has 2 heterocycles. The fourth-order valence-electron chi connectivity index (χ4n) is 8.37. The van der Waals surface area contributed by atoms with E-state index in [4.69, 9.17) is 19.4 Å². The summed E-state index contributed by atoms with van der Waals surface area (Å²) in [7, 11) is 0. The minimum absolute atomic E-state index is 0.297. The smallest absolute Gasteiger partial charge is 0.163 e. The molecule has 2 unspecified atom stereocenters. The first-order valence-electron chi connectivity index (χ1n) is 18.5. The Labute approximate surface area is 309 Å². The van der Waals surface area contributed by atoms with Crippen LogP contribution >= 0.6 is 0 Å². The van der Waals surface area contributed by atoms with Gasteiger partial charge in [0.05, 0.1) is 5.41 Å². The number of hydrogen-bond acceptors (Lipinski definition) is 4. The van der Waals surface area contributed by atoms with Gasteiger partial charge in [-0.2, -0.15) is 0 Å². The summed E-state index contributed by atoms with van der Waals surface area (Å²) in [6.45, 7) is 4.59. The number of hydrogen-bond donors (Lipinski definition) is 0. The van der Waals surface area contributed by atoms with Crippen molar-refractivity contribution in [3.8, 4) is 33.9 Å². The number of benzene rings is 6. The molecule has 53 heavy (non-hydrogen) atoms. The van der Waals surface area contributed by atoms with Crippen molar-refractivity contribution >= 4 is 33.2 Å². The second-order valence-corrected chi connectivity index (χ2v) is 14.6. The second-order valence-electron chi connectivity index (χ2n) is 14.6. The number of rotatable bonds is 5. The second kappa shape index (κ2) is 12.4. The van der Waals surface area contributed by atoms with E-state index in [0.717, 1.165) is 57.8 Å². The van der Waals surface area contributed by atoms with Gasteiger partial charge in [0.2, 0.25) is 0 Å². The van der Waals surface area contributed by atoms with Crippen LogP contribution in [0.3, 0.4) is 0 Å². The van der Waals surface area contributed by atoms with Crippen LogP contribution in [0.5, 0.6) is 0 Å². The molecule has 0 saturated heterocycles. The Morgan fingerprint density at radius 2 is 1.30 bits per heavy atom. The van der Waals surface area contributed by atoms with Gasteiger partial charge in [0.1, 0.15) is 17.3 Å². The molecule has 2 atom stereocenters. The molecule has 2 aromatic heterocycles. The van der Waals surface area contributed by atoms with Gasteiger partial charge in [0, 0.05) is 27.8 Å². The fraction of sp³-hybridized carbons (Fsp3) is 0.122. The van der Waals surface area contributed by atoms with E-state index in [1.165, 1.54) is 38.4 Å². The van der Waals surface area contributed by atoms with Gasteiger partial charge in [-0.05, 0) is 76.1 Å². The van der Waals surface area contributed by atoms with Gasteiger partial charge in [-0.25, -0.2) is 15.0 Å². The van der Waals surface area contributed by atoms with Gasteiger partial charge in [0.15, 0.2) is 11.6 Å². The summed E-state index contributed by atoms with van der Waals surface area (Å²) in [6, 6.07) is 49.2. The lowest BCUT2D eigenvalue weighted by atomic mass is 9.69. The van der Waals surface area contributed by atoms with Crippen molar-refractivity contribution < 1.29 is 4.42 Å². The molecule has 10 rings (SSSR count). The molecule has 0 fully saturated rings. The van der Waals surface area contributed by atoms with Crippen molar-refractivity contribution in [2.75, 3.05) is 0 Å². The summed E-state index contributed by atoms with van der Waals surface area (Å²) < 4.78 is 6.91. The Morgan fingerprint density at radius 3 is 2.13 bits per heavy atom. The van der Waals surface area contributed by atoms with Crippen LogP contribution in [0.25, 0.3) is 67.1 Å². The van der Waals surface area contributed by atoms with E-state index in [-0.39, 0.29) is 0 Å². The predicted octanol–water partition coefficient (Wildman–Crippen LogP) is 12.4. The monoisotopic (exact) mass is 683 g/mol. The normalized spacial score (nSPS) is 17.8. The maximum Gasteiger partial charge on any atom is 0.163 e. The molecule has 8 aromatic rings. The van der Waals surface area contributed by atoms with Crippen LogP contribution in [0.4, 0.5) is 0 Å². The summed E-state index contributed by atoms with van der Waals surface area (Å²) in [5.41, 5.74) is 8.51. The molecule has 2 aliphatic carbocycles. The molecule has 0 aliphatic heterocycles. The number of fused-ring (bicyclic) bond motifs is 5. The fourth-order valence-corrected chi connectivity index (χ4v) is 8.37. The third kappa shape index (κ3) is 5.24. The van der Waals surface area contributed by atoms with Crippen LogP contribution < -0.4 is 0 Å². The highest BCUT2D eigenvalue weighted by molar-refractivity contribution is 5.97. The van der Waals surface area contributed by atoms with Gasteiger partial charge in [-0.3, -0.25) is 0 Å². The summed E-state index contributed by atoms with van der Waals surface area (Å²) in [5.74, 6) is 4.24. The molecule has 0 amide bonds. The summed E-state index contributed by atoms with van der Waals surface area (Å²) >= 11 is 0. The van der Waals surface area contributed by atoms with Gasteiger partial charge in [-0.1, -0.05) is 153 Å². The van der Waals surface area contributed by atoms with Crippen molar-refractivity contribution in [1.29, 1.82) is 0 Å². The first-order valence-corrected chi connectivity index (χ1v) is 18.5. The van der Waals surface area contributed by atoms with E-state index in [1.54, 1.807) is 0 Å². The molecule has 0 bridgehead atoms. The van der Waals surface area contributed by atoms with Crippen LogP contribution in [-0.4, -0.2) is 15.0 Å². The lowest BCUT2D eigenvalue weighted by Gasteiger charge is -2.34. The molecule has 254 valence electrons. The quantitative estimate of drug-likeness (QED) is 0.181. The zero-order valence-corrected chi connectivity index (χ0v) is 29.8. The van der Waals surface area contributed by atoms with E-state index in [1.807, 2.05) is 18.2 Å². The van der Waals surface area contributed by atoms with Gasteiger partial charge < -0.3 is 4.42 Å². The van der Waals surface area contributed by atoms with E-state index < -0.39 is 5.41 Å². The summed E-state index contributed by atoms with van der Waals surface area (Å²) in [5, 5.41) is 4.84. The molecule has 0 saturated carbocycles. The van der Waals surface area contributed by atoms with Crippen molar-refractivity contribution in [3.63, 3.8) is 0 Å². The third-order valence-electron chi connectivity index (χ3n) is 11.2. The van der Waals surface area contributed by atoms with E-state index in [0.29, 0.717) is 17.6 Å². The Hall–Kier alpha value is -6.39. The van der Waals surface area contributed by atoms with Gasteiger partial charge >= 0.3 is 0 Å². The molecule has 6 aromatic carbocycles. The number of allylic oxidation sites excluding steroid dienone is 2. The molecule has 4 heteroatoms. The molecular weight excluding hydrogens is 647 g/mol. The van der Waals surface area contributed by atoms with Crippen LogP contribution in [0, 0.1) is 0 Å². The summed E-state index contributed by atoms with van der Waals surface area (Å²) in [6.07, 6.45) is 8.40. The maximum absolute atomic E-state index is 6.91. The lowest BCUT2D eigenvalue weighted by Crippen LogP contribution is -2.31. The average molecular weight is 684 g/mol.